The molecule has 0 aliphatic heterocycles. The molecule has 0 unspecified atom stereocenters. The van der Waals surface area contributed by atoms with Gasteiger partial charge in [-0.3, -0.25) is 4.79 Å². The van der Waals surface area contributed by atoms with Crippen LogP contribution in [-0.2, 0) is 4.79 Å². The van der Waals surface area contributed by atoms with Crippen molar-refractivity contribution in [3.8, 4) is 5.75 Å². The van der Waals surface area contributed by atoms with Crippen LogP contribution in [0.2, 0.25) is 5.02 Å². The number of aryl methyl sites for hydroxylation is 1. The first-order chi connectivity index (χ1) is 11.6. The van der Waals surface area contributed by atoms with Gasteiger partial charge < -0.3 is 10.1 Å². The molecule has 1 aliphatic rings. The highest BCUT2D eigenvalue weighted by atomic mass is 35.5. The van der Waals surface area contributed by atoms with Crippen LogP contribution in [0.1, 0.15) is 51.0 Å². The van der Waals surface area contributed by atoms with Gasteiger partial charge in [-0.15, -0.1) is 0 Å². The van der Waals surface area contributed by atoms with Gasteiger partial charge in [0, 0.05) is 22.6 Å². The van der Waals surface area contributed by atoms with Crippen LogP contribution in [0.5, 0.6) is 5.75 Å². The van der Waals surface area contributed by atoms with Gasteiger partial charge in [0.15, 0.2) is 6.10 Å². The topological polar surface area (TPSA) is 38.3 Å². The van der Waals surface area contributed by atoms with Gasteiger partial charge in [-0.2, -0.15) is 11.8 Å². The van der Waals surface area contributed by atoms with Crippen molar-refractivity contribution in [2.24, 2.45) is 0 Å². The second kappa shape index (κ2) is 10.2. The largest absolute Gasteiger partial charge is 0.481 e. The van der Waals surface area contributed by atoms with E-state index in [1.807, 2.05) is 37.7 Å². The normalized spacial score (nSPS) is 16.6. The highest BCUT2D eigenvalue weighted by molar-refractivity contribution is 7.99. The lowest BCUT2D eigenvalue weighted by Crippen LogP contribution is -2.39. The average Bonchev–Trinajstić information content (AvgIpc) is 2.60. The highest BCUT2D eigenvalue weighted by Gasteiger charge is 2.19. The molecule has 0 aromatic heterocycles. The smallest absolute Gasteiger partial charge is 0.261 e. The minimum absolute atomic E-state index is 0.0330. The van der Waals surface area contributed by atoms with Gasteiger partial charge in [0.2, 0.25) is 0 Å². The number of benzene rings is 1. The van der Waals surface area contributed by atoms with Gasteiger partial charge in [-0.1, -0.05) is 37.8 Å². The van der Waals surface area contributed by atoms with E-state index in [0.29, 0.717) is 23.7 Å². The molecule has 1 fully saturated rings. The van der Waals surface area contributed by atoms with Crippen molar-refractivity contribution in [2.45, 2.75) is 63.7 Å². The Labute approximate surface area is 154 Å². The number of amides is 1. The Hall–Kier alpha value is -0.870. The molecule has 0 heterocycles. The standard InChI is InChI=1S/C19H28ClNO2S/c1-3-18(23-15-9-10-17(20)14(2)13-15)19(22)21-11-12-24-16-7-5-4-6-8-16/h9-10,13,16,18H,3-8,11-12H2,1-2H3,(H,21,22)/t18-/m0/s1. The number of ether oxygens (including phenoxy) is 1. The predicted molar refractivity (Wildman–Crippen MR) is 103 cm³/mol. The Balaban J connectivity index is 1.73. The van der Waals surface area contributed by atoms with Crippen LogP contribution < -0.4 is 10.1 Å². The maximum absolute atomic E-state index is 12.3. The van der Waals surface area contributed by atoms with Crippen molar-refractivity contribution < 1.29 is 9.53 Å². The molecule has 1 N–H and O–H groups in total. The first kappa shape index (κ1) is 19.5. The summed E-state index contributed by atoms with van der Waals surface area (Å²) in [6.07, 6.45) is 6.94. The molecule has 3 nitrogen and oxygen atoms in total. The van der Waals surface area contributed by atoms with E-state index < -0.39 is 6.10 Å². The quantitative estimate of drug-likeness (QED) is 0.656. The fourth-order valence-electron chi connectivity index (χ4n) is 2.92. The number of halogens is 1. The zero-order valence-corrected chi connectivity index (χ0v) is 16.2. The van der Waals surface area contributed by atoms with Crippen LogP contribution in [0.4, 0.5) is 0 Å². The lowest BCUT2D eigenvalue weighted by Gasteiger charge is -2.21. The summed E-state index contributed by atoms with van der Waals surface area (Å²) in [5.74, 6) is 1.64. The molecule has 134 valence electrons. The molecule has 1 aromatic rings. The number of thioether (sulfide) groups is 1. The Morgan fingerprint density at radius 2 is 2.12 bits per heavy atom. The summed E-state index contributed by atoms with van der Waals surface area (Å²) in [6, 6.07) is 5.49. The van der Waals surface area contributed by atoms with E-state index in [1.165, 1.54) is 32.1 Å². The summed E-state index contributed by atoms with van der Waals surface area (Å²) in [4.78, 5) is 12.3. The van der Waals surface area contributed by atoms with Crippen LogP contribution >= 0.6 is 23.4 Å². The third kappa shape index (κ3) is 6.21. The van der Waals surface area contributed by atoms with Crippen LogP contribution in [-0.4, -0.2) is 29.6 Å². The van der Waals surface area contributed by atoms with Crippen LogP contribution in [0, 0.1) is 6.92 Å². The highest BCUT2D eigenvalue weighted by Crippen LogP contribution is 2.27. The summed E-state index contributed by atoms with van der Waals surface area (Å²) in [7, 11) is 0. The van der Waals surface area contributed by atoms with Gasteiger partial charge in [0.1, 0.15) is 5.75 Å². The van der Waals surface area contributed by atoms with Gasteiger partial charge in [0.05, 0.1) is 0 Å². The summed E-state index contributed by atoms with van der Waals surface area (Å²) in [5, 5.41) is 4.50. The summed E-state index contributed by atoms with van der Waals surface area (Å²) >= 11 is 8.02. The van der Waals surface area contributed by atoms with Crippen molar-refractivity contribution in [3.05, 3.63) is 28.8 Å². The number of carbonyl (C=O) groups is 1. The van der Waals surface area contributed by atoms with E-state index in [9.17, 15) is 4.79 Å². The van der Waals surface area contributed by atoms with Crippen LogP contribution in [0.15, 0.2) is 18.2 Å². The number of rotatable bonds is 8. The second-order valence-corrected chi connectivity index (χ2v) is 8.16. The maximum Gasteiger partial charge on any atom is 0.261 e. The van der Waals surface area contributed by atoms with Gasteiger partial charge in [-0.25, -0.2) is 0 Å². The van der Waals surface area contributed by atoms with Crippen molar-refractivity contribution in [1.82, 2.24) is 5.32 Å². The molecular weight excluding hydrogens is 342 g/mol. The van der Waals surface area contributed by atoms with E-state index >= 15 is 0 Å². The van der Waals surface area contributed by atoms with Gasteiger partial charge in [-0.05, 0) is 49.9 Å². The molecule has 0 spiro atoms. The van der Waals surface area contributed by atoms with Crippen molar-refractivity contribution in [1.29, 1.82) is 0 Å². The molecule has 2 rings (SSSR count). The first-order valence-electron chi connectivity index (χ1n) is 8.92. The maximum atomic E-state index is 12.3. The lowest BCUT2D eigenvalue weighted by molar-refractivity contribution is -0.127. The van der Waals surface area contributed by atoms with E-state index in [-0.39, 0.29) is 5.91 Å². The van der Waals surface area contributed by atoms with Crippen LogP contribution in [0.25, 0.3) is 0 Å². The Bertz CT molecular complexity index is 532. The van der Waals surface area contributed by atoms with Crippen molar-refractivity contribution in [3.63, 3.8) is 0 Å². The Morgan fingerprint density at radius 1 is 1.38 bits per heavy atom. The zero-order valence-electron chi connectivity index (χ0n) is 14.6. The molecule has 1 aromatic carbocycles. The predicted octanol–water partition coefficient (Wildman–Crippen LogP) is 4.99. The average molecular weight is 370 g/mol. The second-order valence-electron chi connectivity index (χ2n) is 6.35. The molecule has 1 aliphatic carbocycles. The first-order valence-corrected chi connectivity index (χ1v) is 10.3. The number of carbonyl (C=O) groups excluding carboxylic acids is 1. The number of nitrogens with one attached hydrogen (secondary N) is 1. The van der Waals surface area contributed by atoms with Gasteiger partial charge in [0.25, 0.3) is 5.91 Å². The summed E-state index contributed by atoms with van der Waals surface area (Å²) < 4.78 is 5.83. The fourth-order valence-corrected chi connectivity index (χ4v) is 4.26. The molecule has 1 atom stereocenters. The van der Waals surface area contributed by atoms with E-state index in [0.717, 1.165) is 16.6 Å². The molecule has 1 saturated carbocycles. The summed E-state index contributed by atoms with van der Waals surface area (Å²) in [6.45, 7) is 4.60. The molecule has 5 heteroatoms. The van der Waals surface area contributed by atoms with Crippen molar-refractivity contribution in [2.75, 3.05) is 12.3 Å². The summed E-state index contributed by atoms with van der Waals surface area (Å²) in [5.41, 5.74) is 0.952. The third-order valence-electron chi connectivity index (χ3n) is 4.38. The monoisotopic (exact) mass is 369 g/mol. The fraction of sp³-hybridized carbons (Fsp3) is 0.632. The molecule has 0 saturated heterocycles. The molecular formula is C19H28ClNO2S. The minimum Gasteiger partial charge on any atom is -0.481 e. The zero-order chi connectivity index (χ0) is 17.4. The Morgan fingerprint density at radius 3 is 2.79 bits per heavy atom. The third-order valence-corrected chi connectivity index (χ3v) is 6.18. The van der Waals surface area contributed by atoms with E-state index in [4.69, 9.17) is 16.3 Å². The minimum atomic E-state index is -0.453. The molecule has 24 heavy (non-hydrogen) atoms. The number of hydrogen-bond donors (Lipinski definition) is 1. The Kier molecular flexibility index (Phi) is 8.26. The van der Waals surface area contributed by atoms with Crippen LogP contribution in [0.3, 0.4) is 0 Å². The van der Waals surface area contributed by atoms with Crippen molar-refractivity contribution >= 4 is 29.3 Å². The van der Waals surface area contributed by atoms with Gasteiger partial charge >= 0.3 is 0 Å². The van der Waals surface area contributed by atoms with E-state index in [2.05, 4.69) is 5.32 Å². The lowest BCUT2D eigenvalue weighted by atomic mass is 10.0. The molecule has 0 radical (unpaired) electrons. The number of hydrogen-bond acceptors (Lipinski definition) is 3. The molecule has 0 bridgehead atoms. The molecule has 1 amide bonds. The SMILES string of the molecule is CC[C@H](Oc1ccc(Cl)c(C)c1)C(=O)NCCSC1CCCCC1. The van der Waals surface area contributed by atoms with E-state index in [1.54, 1.807) is 6.07 Å².